The second-order valence-electron chi connectivity index (χ2n) is 14.3. The molecule has 0 aromatic heterocycles. The first kappa shape index (κ1) is 31.7. The number of hydroxylamine groups is 2. The summed E-state index contributed by atoms with van der Waals surface area (Å²) in [7, 11) is 0. The molecule has 0 amide bonds. The quantitative estimate of drug-likeness (QED) is 0.193. The second kappa shape index (κ2) is 10.6. The Labute approximate surface area is 271 Å². The normalized spacial score (nSPS) is 19.5. The lowest BCUT2D eigenvalue weighted by molar-refractivity contribution is -0.514. The number of aliphatic imine (C=N–C) groups is 2. The third kappa shape index (κ3) is 4.60. The van der Waals surface area contributed by atoms with E-state index in [1.54, 1.807) is 0 Å². The van der Waals surface area contributed by atoms with Crippen molar-refractivity contribution in [2.24, 2.45) is 9.98 Å². The summed E-state index contributed by atoms with van der Waals surface area (Å²) in [5, 5.41) is 18.3. The van der Waals surface area contributed by atoms with Gasteiger partial charge < -0.3 is 19.7 Å². The standard InChI is InChI=1S/C38H44N4O4/c1-11-45-29-19-15-23-21-25(33-39-35(3,4)37(7,8)41(33)43)13-17-27(23)31(29)32-28-18-14-26(22-24(28)16-20-30(32)46-12-2)34-40-36(5,6)38(9,10)42(34)44/h13-22H,11-12H2,1-10H3. The number of amidine groups is 2. The van der Waals surface area contributed by atoms with Gasteiger partial charge in [0.1, 0.15) is 17.3 Å². The van der Waals surface area contributed by atoms with Crippen LogP contribution in [-0.4, -0.2) is 56.9 Å². The highest BCUT2D eigenvalue weighted by Crippen LogP contribution is 2.47. The van der Waals surface area contributed by atoms with Gasteiger partial charge in [0.05, 0.1) is 24.3 Å². The van der Waals surface area contributed by atoms with Crippen molar-refractivity contribution in [2.45, 2.75) is 91.4 Å². The van der Waals surface area contributed by atoms with Gasteiger partial charge >= 0.3 is 5.84 Å². The van der Waals surface area contributed by atoms with E-state index >= 15 is 0 Å². The Morgan fingerprint density at radius 2 is 1.20 bits per heavy atom. The maximum Gasteiger partial charge on any atom is 0.364 e. The van der Waals surface area contributed by atoms with Crippen LogP contribution in [0.2, 0.25) is 0 Å². The molecule has 240 valence electrons. The van der Waals surface area contributed by atoms with Gasteiger partial charge in [-0.1, -0.05) is 40.2 Å². The SMILES string of the molecule is CCOc1ccc2cc(C3=NC(C)(C)C(C)(C)N3[O-])ccc2c1-c1c(OCC)ccc2cc(C3=NC(C)(C)C(C)(C)[N+]3=O)ccc12. The number of nitrogens with zero attached hydrogens (tertiary/aromatic N) is 4. The Morgan fingerprint density at radius 3 is 1.63 bits per heavy atom. The summed E-state index contributed by atoms with van der Waals surface area (Å²) in [6.07, 6.45) is 0. The highest BCUT2D eigenvalue weighted by Gasteiger charge is 2.59. The first-order valence-electron chi connectivity index (χ1n) is 16.1. The largest absolute Gasteiger partial charge is 0.757 e. The van der Waals surface area contributed by atoms with E-state index in [-0.39, 0.29) is 0 Å². The van der Waals surface area contributed by atoms with E-state index in [0.717, 1.165) is 65.1 Å². The fourth-order valence-electron chi connectivity index (χ4n) is 6.25. The van der Waals surface area contributed by atoms with E-state index in [4.69, 9.17) is 19.5 Å². The van der Waals surface area contributed by atoms with Crippen molar-refractivity contribution in [3.05, 3.63) is 81.9 Å². The summed E-state index contributed by atoms with van der Waals surface area (Å²) in [5.41, 5.74) is 0.954. The zero-order valence-electron chi connectivity index (χ0n) is 28.6. The van der Waals surface area contributed by atoms with E-state index in [1.807, 2.05) is 130 Å². The molecule has 0 aliphatic carbocycles. The summed E-state index contributed by atoms with van der Waals surface area (Å²) >= 11 is 0. The zero-order valence-corrected chi connectivity index (χ0v) is 28.6. The van der Waals surface area contributed by atoms with Gasteiger partial charge in [-0.25, -0.2) is 0 Å². The van der Waals surface area contributed by atoms with Crippen LogP contribution in [-0.2, 0) is 0 Å². The molecule has 0 radical (unpaired) electrons. The lowest BCUT2D eigenvalue weighted by atomic mass is 9.84. The fourth-order valence-corrected chi connectivity index (χ4v) is 6.25. The molecule has 4 aromatic carbocycles. The molecule has 8 heteroatoms. The highest BCUT2D eigenvalue weighted by atomic mass is 16.5. The van der Waals surface area contributed by atoms with Gasteiger partial charge in [0.2, 0.25) is 0 Å². The monoisotopic (exact) mass is 620 g/mol. The molecule has 2 heterocycles. The average molecular weight is 621 g/mol. The predicted molar refractivity (Wildman–Crippen MR) is 187 cm³/mol. The second-order valence-corrected chi connectivity index (χ2v) is 14.3. The molecule has 0 saturated heterocycles. The smallest absolute Gasteiger partial charge is 0.364 e. The lowest BCUT2D eigenvalue weighted by Crippen LogP contribution is -2.50. The van der Waals surface area contributed by atoms with E-state index < -0.39 is 22.2 Å². The van der Waals surface area contributed by atoms with E-state index in [2.05, 4.69) is 0 Å². The number of rotatable bonds is 7. The third-order valence-corrected chi connectivity index (χ3v) is 10.5. The molecule has 0 atom stereocenters. The molecule has 0 saturated carbocycles. The fraction of sp³-hybridized carbons (Fsp3) is 0.421. The van der Waals surface area contributed by atoms with Crippen LogP contribution in [0.15, 0.2) is 70.6 Å². The molecule has 6 rings (SSSR count). The average Bonchev–Trinajstić information content (AvgIpc) is 3.28. The van der Waals surface area contributed by atoms with Crippen LogP contribution < -0.4 is 9.47 Å². The lowest BCUT2D eigenvalue weighted by Gasteiger charge is -2.45. The molecule has 0 bridgehead atoms. The maximum absolute atomic E-state index is 13.4. The Morgan fingerprint density at radius 1 is 0.696 bits per heavy atom. The van der Waals surface area contributed by atoms with Crippen LogP contribution in [0.4, 0.5) is 0 Å². The first-order valence-corrected chi connectivity index (χ1v) is 16.1. The maximum atomic E-state index is 13.4. The van der Waals surface area contributed by atoms with E-state index in [1.165, 1.54) is 0 Å². The number of ether oxygens (including phenoxy) is 2. The van der Waals surface area contributed by atoms with Crippen molar-refractivity contribution in [1.29, 1.82) is 0 Å². The molecule has 0 unspecified atom stereocenters. The van der Waals surface area contributed by atoms with Crippen LogP contribution in [0.1, 0.15) is 80.4 Å². The molecule has 0 N–H and O–H groups in total. The predicted octanol–water partition coefficient (Wildman–Crippen LogP) is 8.67. The van der Waals surface area contributed by atoms with Crippen LogP contribution in [0.25, 0.3) is 32.7 Å². The molecule has 4 aromatic rings. The van der Waals surface area contributed by atoms with Gasteiger partial charge in [0.25, 0.3) is 0 Å². The number of hydrogen-bond donors (Lipinski definition) is 0. The van der Waals surface area contributed by atoms with Crippen molar-refractivity contribution >= 4 is 33.2 Å². The number of fused-ring (bicyclic) bond motifs is 2. The van der Waals surface area contributed by atoms with Crippen molar-refractivity contribution in [2.75, 3.05) is 13.2 Å². The van der Waals surface area contributed by atoms with Crippen LogP contribution in [0, 0.1) is 10.1 Å². The summed E-state index contributed by atoms with van der Waals surface area (Å²) in [5.74, 6) is 2.35. The first-order chi connectivity index (χ1) is 21.6. The summed E-state index contributed by atoms with van der Waals surface area (Å²) in [6.45, 7) is 20.6. The molecular formula is C38H44N4O4. The topological polar surface area (TPSA) is 89.6 Å². The molecule has 8 nitrogen and oxygen atoms in total. The molecule has 46 heavy (non-hydrogen) atoms. The summed E-state index contributed by atoms with van der Waals surface area (Å²) in [4.78, 5) is 23.1. The van der Waals surface area contributed by atoms with Crippen molar-refractivity contribution < 1.29 is 14.2 Å². The van der Waals surface area contributed by atoms with Crippen molar-refractivity contribution in [1.82, 2.24) is 5.06 Å². The van der Waals surface area contributed by atoms with Gasteiger partial charge in [0, 0.05) is 22.2 Å². The van der Waals surface area contributed by atoms with Gasteiger partial charge in [-0.2, -0.15) is 0 Å². The molecule has 0 fully saturated rings. The van der Waals surface area contributed by atoms with Gasteiger partial charge in [-0.3, -0.25) is 4.99 Å². The Hall–Kier alpha value is -4.30. The van der Waals surface area contributed by atoms with Crippen molar-refractivity contribution in [3.8, 4) is 22.6 Å². The van der Waals surface area contributed by atoms with E-state index in [0.29, 0.717) is 24.9 Å². The third-order valence-electron chi connectivity index (χ3n) is 10.5. The Kier molecular flexibility index (Phi) is 7.32. The van der Waals surface area contributed by atoms with Gasteiger partial charge in [0.15, 0.2) is 11.1 Å². The number of benzene rings is 4. The van der Waals surface area contributed by atoms with E-state index in [9.17, 15) is 10.1 Å². The van der Waals surface area contributed by atoms with Gasteiger partial charge in [-0.15, -0.1) is 0 Å². The van der Waals surface area contributed by atoms with Crippen LogP contribution in [0.3, 0.4) is 0 Å². The molecule has 2 aliphatic rings. The molecule has 0 spiro atoms. The summed E-state index contributed by atoms with van der Waals surface area (Å²) < 4.78 is 13.5. The molecule has 2 aliphatic heterocycles. The minimum atomic E-state index is -0.672. The van der Waals surface area contributed by atoms with Crippen molar-refractivity contribution in [3.63, 3.8) is 0 Å². The van der Waals surface area contributed by atoms with Crippen LogP contribution in [0.5, 0.6) is 11.5 Å². The Bertz CT molecular complexity index is 1970. The highest BCUT2D eigenvalue weighted by molar-refractivity contribution is 6.12. The zero-order chi connectivity index (χ0) is 33.4. The number of nitroso groups, excluding NO2 is 1. The molecular weight excluding hydrogens is 576 g/mol. The van der Waals surface area contributed by atoms with Crippen LogP contribution >= 0.6 is 0 Å². The number of hydrogen-bond acceptors (Lipinski definition) is 7. The minimum Gasteiger partial charge on any atom is -0.757 e. The summed E-state index contributed by atoms with van der Waals surface area (Å²) in [6, 6.07) is 20.1. The Balaban J connectivity index is 1.57. The van der Waals surface area contributed by atoms with Gasteiger partial charge in [-0.05, 0) is 126 Å². The minimum absolute atomic E-state index is 0.439.